The molecule has 86 valence electrons. The van der Waals surface area contributed by atoms with Crippen molar-refractivity contribution in [1.82, 2.24) is 15.3 Å². The molecule has 1 aromatic heterocycles. The minimum atomic E-state index is -1.15. The van der Waals surface area contributed by atoms with Gasteiger partial charge in [0.2, 0.25) is 0 Å². The highest BCUT2D eigenvalue weighted by molar-refractivity contribution is 5.85. The van der Waals surface area contributed by atoms with E-state index in [1.54, 1.807) is 0 Å². The molecule has 0 radical (unpaired) electrons. The van der Waals surface area contributed by atoms with Crippen LogP contribution in [0.4, 0.5) is 10.6 Å². The second kappa shape index (κ2) is 5.49. The average molecular weight is 225 g/mol. The number of nitrogens with one attached hydrogen (secondary N) is 2. The van der Waals surface area contributed by atoms with Crippen LogP contribution in [0.5, 0.6) is 0 Å². The van der Waals surface area contributed by atoms with Crippen molar-refractivity contribution >= 4 is 17.8 Å². The number of urea groups is 1. The largest absolute Gasteiger partial charge is 0.476 e. The Morgan fingerprint density at radius 2 is 2.12 bits per heavy atom. The first-order valence-corrected chi connectivity index (χ1v) is 4.42. The predicted molar refractivity (Wildman–Crippen MR) is 55.1 cm³/mol. The van der Waals surface area contributed by atoms with E-state index < -0.39 is 12.0 Å². The van der Waals surface area contributed by atoms with Crippen molar-refractivity contribution in [3.8, 4) is 0 Å². The fourth-order valence-electron chi connectivity index (χ4n) is 0.930. The molecule has 0 fully saturated rings. The van der Waals surface area contributed by atoms with E-state index in [0.717, 1.165) is 6.20 Å². The highest BCUT2D eigenvalue weighted by atomic mass is 16.4. The number of nitrogens with two attached hydrogens (primary N) is 1. The van der Waals surface area contributed by atoms with E-state index in [1.807, 2.05) is 0 Å². The van der Waals surface area contributed by atoms with Crippen molar-refractivity contribution in [1.29, 1.82) is 0 Å². The normalized spacial score (nSPS) is 9.50. The van der Waals surface area contributed by atoms with Crippen molar-refractivity contribution in [3.05, 3.63) is 18.1 Å². The summed E-state index contributed by atoms with van der Waals surface area (Å²) in [6, 6.07) is -0.618. The lowest BCUT2D eigenvalue weighted by molar-refractivity contribution is 0.0690. The maximum Gasteiger partial charge on any atom is 0.356 e. The topological polar surface area (TPSA) is 130 Å². The molecule has 5 N–H and O–H groups in total. The number of rotatable bonds is 5. The van der Waals surface area contributed by atoms with E-state index in [0.29, 0.717) is 18.9 Å². The Labute approximate surface area is 90.9 Å². The molecule has 1 heterocycles. The van der Waals surface area contributed by atoms with Gasteiger partial charge < -0.3 is 21.5 Å². The van der Waals surface area contributed by atoms with Gasteiger partial charge >= 0.3 is 12.0 Å². The number of nitrogens with zero attached hydrogens (tertiary/aromatic N) is 2. The van der Waals surface area contributed by atoms with Crippen LogP contribution in [0.1, 0.15) is 10.5 Å². The highest BCUT2D eigenvalue weighted by Crippen LogP contribution is 2.00. The summed E-state index contributed by atoms with van der Waals surface area (Å²) in [5.74, 6) is -0.822. The molecule has 0 bridgehead atoms. The van der Waals surface area contributed by atoms with Gasteiger partial charge in [0.1, 0.15) is 5.82 Å². The van der Waals surface area contributed by atoms with Crippen LogP contribution in [-0.2, 0) is 0 Å². The summed E-state index contributed by atoms with van der Waals surface area (Å²) in [7, 11) is 0. The number of hydrogen-bond acceptors (Lipinski definition) is 5. The number of amides is 2. The van der Waals surface area contributed by atoms with Crippen LogP contribution in [0.15, 0.2) is 12.4 Å². The monoisotopic (exact) mass is 225 g/mol. The fraction of sp³-hybridized carbons (Fsp3) is 0.250. The van der Waals surface area contributed by atoms with E-state index in [-0.39, 0.29) is 5.69 Å². The molecule has 2 amide bonds. The number of primary amides is 1. The first-order chi connectivity index (χ1) is 7.59. The molecule has 0 atom stereocenters. The highest BCUT2D eigenvalue weighted by Gasteiger charge is 2.05. The van der Waals surface area contributed by atoms with Gasteiger partial charge in [-0.3, -0.25) is 4.98 Å². The smallest absolute Gasteiger partial charge is 0.356 e. The molecule has 0 aliphatic carbocycles. The average Bonchev–Trinajstić information content (AvgIpc) is 2.24. The summed E-state index contributed by atoms with van der Waals surface area (Å²) in [6.07, 6.45) is 2.53. The number of aromatic carboxylic acids is 1. The van der Waals surface area contributed by atoms with Gasteiger partial charge in [-0.1, -0.05) is 0 Å². The number of aromatic nitrogens is 2. The molecule has 0 aliphatic rings. The Bertz CT molecular complexity index is 395. The maximum atomic E-state index is 10.6. The predicted octanol–water partition coefficient (Wildman–Crippen LogP) is -0.745. The Hall–Kier alpha value is -2.38. The zero-order chi connectivity index (χ0) is 12.0. The van der Waals surface area contributed by atoms with E-state index in [4.69, 9.17) is 10.8 Å². The fourth-order valence-corrected chi connectivity index (χ4v) is 0.930. The van der Waals surface area contributed by atoms with Crippen molar-refractivity contribution in [2.24, 2.45) is 5.73 Å². The van der Waals surface area contributed by atoms with Crippen LogP contribution in [0, 0.1) is 0 Å². The summed E-state index contributed by atoms with van der Waals surface area (Å²) < 4.78 is 0. The molecule has 0 aliphatic heterocycles. The summed E-state index contributed by atoms with van der Waals surface area (Å²) in [5, 5.41) is 13.8. The number of carboxylic acid groups (broad SMARTS) is 1. The van der Waals surface area contributed by atoms with Crippen molar-refractivity contribution in [3.63, 3.8) is 0 Å². The molecule has 1 rings (SSSR count). The SMILES string of the molecule is NC(=O)NCCNc1cncc(C(=O)O)n1. The van der Waals surface area contributed by atoms with Gasteiger partial charge in [0.15, 0.2) is 5.69 Å². The first kappa shape index (κ1) is 11.7. The molecule has 16 heavy (non-hydrogen) atoms. The number of anilines is 1. The van der Waals surface area contributed by atoms with E-state index in [2.05, 4.69) is 20.6 Å². The lowest BCUT2D eigenvalue weighted by atomic mass is 10.4. The maximum absolute atomic E-state index is 10.6. The minimum Gasteiger partial charge on any atom is -0.476 e. The van der Waals surface area contributed by atoms with Crippen LogP contribution < -0.4 is 16.4 Å². The first-order valence-electron chi connectivity index (χ1n) is 4.42. The van der Waals surface area contributed by atoms with Crippen molar-refractivity contribution < 1.29 is 14.7 Å². The Morgan fingerprint density at radius 1 is 1.38 bits per heavy atom. The van der Waals surface area contributed by atoms with Crippen LogP contribution in [0.2, 0.25) is 0 Å². The van der Waals surface area contributed by atoms with Gasteiger partial charge in [-0.15, -0.1) is 0 Å². The van der Waals surface area contributed by atoms with Gasteiger partial charge in [0.05, 0.1) is 12.4 Å². The third kappa shape index (κ3) is 3.78. The van der Waals surface area contributed by atoms with Crippen LogP contribution in [0.3, 0.4) is 0 Å². The van der Waals surface area contributed by atoms with E-state index in [9.17, 15) is 9.59 Å². The summed E-state index contributed by atoms with van der Waals surface area (Å²) in [5.41, 5.74) is 4.71. The van der Waals surface area contributed by atoms with Crippen molar-refractivity contribution in [2.75, 3.05) is 18.4 Å². The van der Waals surface area contributed by atoms with Crippen molar-refractivity contribution in [2.45, 2.75) is 0 Å². The number of carboxylic acids is 1. The molecule has 0 saturated carbocycles. The summed E-state index contributed by atoms with van der Waals surface area (Å²) >= 11 is 0. The summed E-state index contributed by atoms with van der Waals surface area (Å²) in [4.78, 5) is 28.4. The minimum absolute atomic E-state index is 0.145. The molecule has 0 saturated heterocycles. The van der Waals surface area contributed by atoms with Crippen LogP contribution in [-0.4, -0.2) is 40.2 Å². The summed E-state index contributed by atoms with van der Waals surface area (Å²) in [6.45, 7) is 0.689. The van der Waals surface area contributed by atoms with Gasteiger partial charge in [-0.05, 0) is 0 Å². The Kier molecular flexibility index (Phi) is 4.01. The van der Waals surface area contributed by atoms with Gasteiger partial charge in [-0.2, -0.15) is 0 Å². The quantitative estimate of drug-likeness (QED) is 0.488. The van der Waals surface area contributed by atoms with Gasteiger partial charge in [-0.25, -0.2) is 14.6 Å². The van der Waals surface area contributed by atoms with Crippen LogP contribution in [0.25, 0.3) is 0 Å². The number of hydrogen-bond donors (Lipinski definition) is 4. The Balaban J connectivity index is 2.45. The molecule has 0 aromatic carbocycles. The van der Waals surface area contributed by atoms with Gasteiger partial charge in [0.25, 0.3) is 0 Å². The van der Waals surface area contributed by atoms with Crippen LogP contribution >= 0.6 is 0 Å². The molecule has 1 aromatic rings. The molecule has 8 nitrogen and oxygen atoms in total. The third-order valence-corrected chi connectivity index (χ3v) is 1.58. The van der Waals surface area contributed by atoms with E-state index >= 15 is 0 Å². The van der Waals surface area contributed by atoms with E-state index in [1.165, 1.54) is 6.20 Å². The molecule has 0 unspecified atom stereocenters. The zero-order valence-electron chi connectivity index (χ0n) is 8.30. The zero-order valence-corrected chi connectivity index (χ0v) is 8.30. The third-order valence-electron chi connectivity index (χ3n) is 1.58. The Morgan fingerprint density at radius 3 is 2.75 bits per heavy atom. The number of carbonyl (C=O) groups is 2. The molecular weight excluding hydrogens is 214 g/mol. The second-order valence-corrected chi connectivity index (χ2v) is 2.81. The molecular formula is C8H11N5O3. The molecule has 8 heteroatoms. The lowest BCUT2D eigenvalue weighted by Crippen LogP contribution is -2.33. The number of carbonyl (C=O) groups excluding carboxylic acids is 1. The lowest BCUT2D eigenvalue weighted by Gasteiger charge is -2.05. The standard InChI is InChI=1S/C8H11N5O3/c9-8(16)12-2-1-11-6-4-10-3-5(13-6)7(14)15/h3-4H,1-2H2,(H,11,13)(H,14,15)(H3,9,12,16). The second-order valence-electron chi connectivity index (χ2n) is 2.81. The van der Waals surface area contributed by atoms with Gasteiger partial charge in [0, 0.05) is 13.1 Å². The molecule has 0 spiro atoms.